The van der Waals surface area contributed by atoms with Gasteiger partial charge in [-0.05, 0) is 11.6 Å². The topological polar surface area (TPSA) is 77.8 Å². The smallest absolute Gasteiger partial charge is 0.303 e. The highest BCUT2D eigenvalue weighted by molar-refractivity contribution is 7.45. The van der Waals surface area contributed by atoms with Crippen molar-refractivity contribution in [3.8, 4) is 0 Å². The van der Waals surface area contributed by atoms with Gasteiger partial charge in [0, 0.05) is 5.02 Å². The standard InChI is InChI=1S/C8H7Cl.H3O4P/c1-2-7-5-3-4-6-8(7)9;1-5(2,3)4/h2-6H,1H2;(H3,1,2,3,4). The van der Waals surface area contributed by atoms with Crippen LogP contribution in [0.1, 0.15) is 5.56 Å². The van der Waals surface area contributed by atoms with E-state index in [0.29, 0.717) is 0 Å². The summed E-state index contributed by atoms with van der Waals surface area (Å²) in [5.74, 6) is 0. The summed E-state index contributed by atoms with van der Waals surface area (Å²) in [6.45, 7) is 3.61. The molecule has 0 aromatic heterocycles. The van der Waals surface area contributed by atoms with Gasteiger partial charge in [0.2, 0.25) is 0 Å². The Hall–Kier alpha value is -0.640. The van der Waals surface area contributed by atoms with Gasteiger partial charge in [0.05, 0.1) is 0 Å². The first kappa shape index (κ1) is 13.4. The average Bonchev–Trinajstić information content (AvgIpc) is 2.02. The number of benzene rings is 1. The number of phosphoric acid groups is 1. The molecule has 0 heterocycles. The van der Waals surface area contributed by atoms with Gasteiger partial charge < -0.3 is 14.7 Å². The van der Waals surface area contributed by atoms with Gasteiger partial charge in [0.25, 0.3) is 0 Å². The van der Waals surface area contributed by atoms with Crippen molar-refractivity contribution in [1.82, 2.24) is 0 Å². The highest BCUT2D eigenvalue weighted by atomic mass is 35.5. The van der Waals surface area contributed by atoms with Gasteiger partial charge in [-0.15, -0.1) is 0 Å². The third-order valence-electron chi connectivity index (χ3n) is 1.13. The second-order valence-corrected chi connectivity index (χ2v) is 3.67. The van der Waals surface area contributed by atoms with Crippen LogP contribution in [-0.4, -0.2) is 14.7 Å². The monoisotopic (exact) mass is 236 g/mol. The Morgan fingerprint density at radius 3 is 2.00 bits per heavy atom. The number of hydrogen-bond donors (Lipinski definition) is 3. The molecule has 0 spiro atoms. The lowest BCUT2D eigenvalue weighted by Gasteiger charge is -1.92. The molecular weight excluding hydrogens is 227 g/mol. The minimum Gasteiger partial charge on any atom is -0.303 e. The zero-order valence-electron chi connectivity index (χ0n) is 7.17. The van der Waals surface area contributed by atoms with E-state index in [4.69, 9.17) is 30.8 Å². The first-order chi connectivity index (χ1) is 6.34. The molecule has 0 amide bonds. The predicted molar refractivity (Wildman–Crippen MR) is 55.8 cm³/mol. The fraction of sp³-hybridized carbons (Fsp3) is 0. The fourth-order valence-electron chi connectivity index (χ4n) is 0.641. The van der Waals surface area contributed by atoms with E-state index in [9.17, 15) is 0 Å². The van der Waals surface area contributed by atoms with E-state index in [1.165, 1.54) is 0 Å². The number of hydrogen-bond acceptors (Lipinski definition) is 1. The highest BCUT2D eigenvalue weighted by Crippen LogP contribution is 2.25. The normalized spacial score (nSPS) is 10.0. The summed E-state index contributed by atoms with van der Waals surface area (Å²) in [4.78, 5) is 21.6. The molecule has 0 bridgehead atoms. The lowest BCUT2D eigenvalue weighted by molar-refractivity contribution is 0.275. The highest BCUT2D eigenvalue weighted by Gasteiger charge is 2.00. The quantitative estimate of drug-likeness (QED) is 0.652. The molecule has 0 fully saturated rings. The fourth-order valence-corrected chi connectivity index (χ4v) is 0.854. The van der Waals surface area contributed by atoms with Crippen LogP contribution in [0.2, 0.25) is 5.02 Å². The molecule has 4 nitrogen and oxygen atoms in total. The van der Waals surface area contributed by atoms with Crippen LogP contribution in [-0.2, 0) is 4.57 Å². The van der Waals surface area contributed by atoms with E-state index in [0.717, 1.165) is 10.6 Å². The van der Waals surface area contributed by atoms with E-state index >= 15 is 0 Å². The van der Waals surface area contributed by atoms with E-state index < -0.39 is 7.82 Å². The Morgan fingerprint density at radius 1 is 1.29 bits per heavy atom. The summed E-state index contributed by atoms with van der Waals surface area (Å²) in [5.41, 5.74) is 0.985. The van der Waals surface area contributed by atoms with Crippen LogP contribution in [0.4, 0.5) is 0 Å². The second kappa shape index (κ2) is 5.96. The molecule has 1 aromatic rings. The number of halogens is 1. The third-order valence-corrected chi connectivity index (χ3v) is 1.47. The molecule has 78 valence electrons. The van der Waals surface area contributed by atoms with Gasteiger partial charge in [-0.1, -0.05) is 42.5 Å². The lowest BCUT2D eigenvalue weighted by atomic mass is 10.2. The zero-order valence-corrected chi connectivity index (χ0v) is 8.82. The van der Waals surface area contributed by atoms with Gasteiger partial charge >= 0.3 is 7.82 Å². The van der Waals surface area contributed by atoms with Crippen molar-refractivity contribution in [1.29, 1.82) is 0 Å². The van der Waals surface area contributed by atoms with Crippen molar-refractivity contribution >= 4 is 25.5 Å². The first-order valence-electron chi connectivity index (χ1n) is 3.50. The summed E-state index contributed by atoms with van der Waals surface area (Å²) >= 11 is 5.75. The van der Waals surface area contributed by atoms with E-state index in [-0.39, 0.29) is 0 Å². The summed E-state index contributed by atoms with van der Waals surface area (Å²) in [7, 11) is -4.64. The molecule has 0 saturated heterocycles. The predicted octanol–water partition coefficient (Wildman–Crippen LogP) is 2.05. The SMILES string of the molecule is C=Cc1ccccc1Cl.O=P(O)(O)O. The average molecular weight is 237 g/mol. The molecule has 0 unspecified atom stereocenters. The molecule has 14 heavy (non-hydrogen) atoms. The Kier molecular flexibility index (Phi) is 5.69. The molecule has 0 radical (unpaired) electrons. The second-order valence-electron chi connectivity index (χ2n) is 2.24. The lowest BCUT2D eigenvalue weighted by Crippen LogP contribution is -1.69. The summed E-state index contributed by atoms with van der Waals surface area (Å²) in [6.07, 6.45) is 1.74. The number of rotatable bonds is 1. The molecule has 0 aliphatic heterocycles. The Balaban J connectivity index is 0.000000292. The molecule has 6 heteroatoms. The van der Waals surface area contributed by atoms with Crippen molar-refractivity contribution in [2.45, 2.75) is 0 Å². The maximum atomic E-state index is 8.88. The van der Waals surface area contributed by atoms with Gasteiger partial charge in [0.1, 0.15) is 0 Å². The van der Waals surface area contributed by atoms with Crippen molar-refractivity contribution in [3.63, 3.8) is 0 Å². The van der Waals surface area contributed by atoms with Crippen molar-refractivity contribution in [2.24, 2.45) is 0 Å². The molecule has 0 aliphatic rings. The van der Waals surface area contributed by atoms with Gasteiger partial charge in [0.15, 0.2) is 0 Å². The Morgan fingerprint density at radius 2 is 1.71 bits per heavy atom. The maximum Gasteiger partial charge on any atom is 0.466 e. The molecule has 1 rings (SSSR count). The van der Waals surface area contributed by atoms with Crippen LogP contribution in [0.5, 0.6) is 0 Å². The van der Waals surface area contributed by atoms with Gasteiger partial charge in [-0.2, -0.15) is 0 Å². The van der Waals surface area contributed by atoms with Crippen LogP contribution in [0.25, 0.3) is 6.08 Å². The summed E-state index contributed by atoms with van der Waals surface area (Å²) < 4.78 is 8.88. The van der Waals surface area contributed by atoms with Crippen LogP contribution in [0.15, 0.2) is 30.8 Å². The first-order valence-corrected chi connectivity index (χ1v) is 5.44. The maximum absolute atomic E-state index is 8.88. The van der Waals surface area contributed by atoms with Crippen LogP contribution >= 0.6 is 19.4 Å². The Bertz CT molecular complexity index is 339. The van der Waals surface area contributed by atoms with Gasteiger partial charge in [-0.3, -0.25) is 0 Å². The molecule has 0 saturated carbocycles. The molecule has 3 N–H and O–H groups in total. The van der Waals surface area contributed by atoms with E-state index in [1.807, 2.05) is 24.3 Å². The van der Waals surface area contributed by atoms with E-state index in [1.54, 1.807) is 6.08 Å². The minimum atomic E-state index is -4.64. The van der Waals surface area contributed by atoms with E-state index in [2.05, 4.69) is 6.58 Å². The zero-order chi connectivity index (χ0) is 11.2. The summed E-state index contributed by atoms with van der Waals surface area (Å²) in [6, 6.07) is 7.60. The molecule has 1 aromatic carbocycles. The largest absolute Gasteiger partial charge is 0.466 e. The third kappa shape index (κ3) is 7.98. The van der Waals surface area contributed by atoms with Crippen molar-refractivity contribution in [3.05, 3.63) is 41.4 Å². The summed E-state index contributed by atoms with van der Waals surface area (Å²) in [5, 5.41) is 0.757. The Labute approximate surface area is 86.7 Å². The van der Waals surface area contributed by atoms with Crippen LogP contribution in [0, 0.1) is 0 Å². The van der Waals surface area contributed by atoms with Crippen LogP contribution < -0.4 is 0 Å². The van der Waals surface area contributed by atoms with Crippen LogP contribution in [0.3, 0.4) is 0 Å². The molecule has 0 aliphatic carbocycles. The molecule has 0 atom stereocenters. The van der Waals surface area contributed by atoms with Crippen molar-refractivity contribution < 1.29 is 19.2 Å². The van der Waals surface area contributed by atoms with Gasteiger partial charge in [-0.25, -0.2) is 4.57 Å². The van der Waals surface area contributed by atoms with Crippen molar-refractivity contribution in [2.75, 3.05) is 0 Å². The minimum absolute atomic E-state index is 0.757. The molecular formula is C8H10ClO4P.